The molecule has 0 radical (unpaired) electrons. The van der Waals surface area contributed by atoms with Crippen LogP contribution in [-0.2, 0) is 29.8 Å². The van der Waals surface area contributed by atoms with Crippen molar-refractivity contribution < 1.29 is 70.2 Å². The summed E-state index contributed by atoms with van der Waals surface area (Å²) < 4.78 is 64.3. The monoisotopic (exact) mass is 519 g/mol. The van der Waals surface area contributed by atoms with E-state index >= 15 is 0 Å². The van der Waals surface area contributed by atoms with Crippen molar-refractivity contribution >= 4 is 49.2 Å². The zero-order valence-electron chi connectivity index (χ0n) is 17.9. The molecule has 16 heteroatoms. The summed E-state index contributed by atoms with van der Waals surface area (Å²) in [5, 5.41) is 21.2. The second-order valence-electron chi connectivity index (χ2n) is 6.93. The Balaban J connectivity index is 0.00000408. The molecule has 0 spiro atoms. The fourth-order valence-corrected chi connectivity index (χ4v) is 4.27. The molecule has 174 valence electrons. The number of amides is 1. The first-order valence-corrected chi connectivity index (χ1v) is 11.8. The number of carbonyl (C=O) groups is 2. The van der Waals surface area contributed by atoms with Gasteiger partial charge in [0.25, 0.3) is 26.1 Å². The van der Waals surface area contributed by atoms with Crippen LogP contribution in [0.5, 0.6) is 0 Å². The standard InChI is InChI=1S/C18H16N4O9S2.Na/c1-9-7-10(2)14(13(8-9)33(29,30)31)19-20-15-16(18(24)25)21-22(17(15)23)11-3-5-12(6-4-11)32(26,27)28;/h3-8,15H,1-2H3,(H,24,25)(H,26,27,28)(H,29,30,31);/q;+1. The number of azo groups is 1. The van der Waals surface area contributed by atoms with Gasteiger partial charge in [-0.05, 0) is 55.3 Å². The van der Waals surface area contributed by atoms with Gasteiger partial charge >= 0.3 is 35.5 Å². The Bertz CT molecular complexity index is 1440. The molecule has 0 saturated heterocycles. The topological polar surface area (TPSA) is 203 Å². The van der Waals surface area contributed by atoms with E-state index in [2.05, 4.69) is 15.3 Å². The van der Waals surface area contributed by atoms with E-state index in [0.29, 0.717) is 16.1 Å². The van der Waals surface area contributed by atoms with Gasteiger partial charge in [-0.25, -0.2) is 4.79 Å². The number of benzene rings is 2. The van der Waals surface area contributed by atoms with Crippen molar-refractivity contribution in [2.75, 3.05) is 5.01 Å². The summed E-state index contributed by atoms with van der Waals surface area (Å²) >= 11 is 0. The van der Waals surface area contributed by atoms with Crippen molar-refractivity contribution in [3.05, 3.63) is 47.5 Å². The third-order valence-corrected chi connectivity index (χ3v) is 6.20. The number of anilines is 1. The van der Waals surface area contributed by atoms with Crippen LogP contribution in [0, 0.1) is 13.8 Å². The van der Waals surface area contributed by atoms with Crippen LogP contribution in [0.15, 0.2) is 61.5 Å². The van der Waals surface area contributed by atoms with Crippen LogP contribution in [0.4, 0.5) is 11.4 Å². The molecular weight excluding hydrogens is 503 g/mol. The van der Waals surface area contributed by atoms with Gasteiger partial charge in [0.1, 0.15) is 10.6 Å². The molecule has 0 aromatic heterocycles. The van der Waals surface area contributed by atoms with Gasteiger partial charge in [0.15, 0.2) is 5.71 Å². The summed E-state index contributed by atoms with van der Waals surface area (Å²) in [6, 6.07) is 5.14. The molecule has 1 aliphatic heterocycles. The Hall–Kier alpha value is -2.53. The van der Waals surface area contributed by atoms with Gasteiger partial charge < -0.3 is 5.11 Å². The summed E-state index contributed by atoms with van der Waals surface area (Å²) in [5.41, 5.74) is -0.224. The minimum Gasteiger partial charge on any atom is -0.477 e. The van der Waals surface area contributed by atoms with Crippen LogP contribution in [0.25, 0.3) is 0 Å². The Morgan fingerprint density at radius 1 is 1.03 bits per heavy atom. The summed E-state index contributed by atoms with van der Waals surface area (Å²) in [5.74, 6) is -2.56. The van der Waals surface area contributed by atoms with E-state index in [9.17, 15) is 36.1 Å². The van der Waals surface area contributed by atoms with E-state index in [4.69, 9.17) is 4.55 Å². The molecule has 1 unspecified atom stereocenters. The van der Waals surface area contributed by atoms with Gasteiger partial charge in [0.05, 0.1) is 10.6 Å². The molecule has 34 heavy (non-hydrogen) atoms. The van der Waals surface area contributed by atoms with E-state index in [1.165, 1.54) is 6.92 Å². The van der Waals surface area contributed by atoms with Gasteiger partial charge in [0, 0.05) is 0 Å². The molecule has 0 aliphatic carbocycles. The second kappa shape index (κ2) is 9.99. The molecular formula is C18H16N4NaO9S2+. The molecule has 1 amide bonds. The minimum absolute atomic E-state index is 0. The quantitative estimate of drug-likeness (QED) is 0.236. The number of hydrogen-bond acceptors (Lipinski definition) is 9. The van der Waals surface area contributed by atoms with Gasteiger partial charge in [-0.2, -0.15) is 37.2 Å². The van der Waals surface area contributed by atoms with Crippen LogP contribution in [0.3, 0.4) is 0 Å². The van der Waals surface area contributed by atoms with Gasteiger partial charge in [-0.15, -0.1) is 0 Å². The van der Waals surface area contributed by atoms with E-state index in [1.54, 1.807) is 13.0 Å². The number of carbonyl (C=O) groups excluding carboxylic acids is 1. The molecule has 1 atom stereocenters. The molecule has 3 rings (SSSR count). The summed E-state index contributed by atoms with van der Waals surface area (Å²) in [4.78, 5) is 23.4. The van der Waals surface area contributed by atoms with Crippen molar-refractivity contribution in [2.24, 2.45) is 15.3 Å². The first kappa shape index (κ1) is 27.7. The largest absolute Gasteiger partial charge is 1.00 e. The summed E-state index contributed by atoms with van der Waals surface area (Å²) in [7, 11) is -9.19. The van der Waals surface area contributed by atoms with Crippen molar-refractivity contribution in [3.8, 4) is 0 Å². The second-order valence-corrected chi connectivity index (χ2v) is 9.74. The van der Waals surface area contributed by atoms with E-state index in [1.807, 2.05) is 0 Å². The zero-order valence-corrected chi connectivity index (χ0v) is 21.6. The third-order valence-electron chi connectivity index (χ3n) is 4.47. The van der Waals surface area contributed by atoms with Crippen LogP contribution in [-0.4, -0.2) is 54.7 Å². The number of rotatable bonds is 6. The Morgan fingerprint density at radius 3 is 2.12 bits per heavy atom. The van der Waals surface area contributed by atoms with Crippen LogP contribution in [0.2, 0.25) is 0 Å². The smallest absolute Gasteiger partial charge is 0.477 e. The average Bonchev–Trinajstić information content (AvgIpc) is 3.02. The average molecular weight is 519 g/mol. The SMILES string of the molecule is Cc1cc(C)c(N=NC2C(=O)N(c3ccc(S(=O)(=O)O)cc3)N=C2C(=O)O)c(S(=O)(=O)O)c1.[Na+]. The molecule has 0 bridgehead atoms. The Morgan fingerprint density at radius 2 is 1.62 bits per heavy atom. The summed E-state index contributed by atoms with van der Waals surface area (Å²) in [6.45, 7) is 3.07. The van der Waals surface area contributed by atoms with Gasteiger partial charge in [0.2, 0.25) is 6.04 Å². The van der Waals surface area contributed by atoms with E-state index < -0.39 is 53.7 Å². The van der Waals surface area contributed by atoms with Crippen molar-refractivity contribution in [3.63, 3.8) is 0 Å². The fraction of sp³-hybridized carbons (Fsp3) is 0.167. The molecule has 1 aliphatic rings. The number of hydrogen-bond donors (Lipinski definition) is 3. The Kier molecular flexibility index (Phi) is 8.14. The van der Waals surface area contributed by atoms with Crippen LogP contribution >= 0.6 is 0 Å². The van der Waals surface area contributed by atoms with E-state index in [0.717, 1.165) is 30.3 Å². The first-order chi connectivity index (χ1) is 15.2. The van der Waals surface area contributed by atoms with Gasteiger partial charge in [-0.1, -0.05) is 6.07 Å². The van der Waals surface area contributed by atoms with Crippen LogP contribution < -0.4 is 34.6 Å². The molecule has 3 N–H and O–H groups in total. The number of aliphatic carboxylic acids is 1. The van der Waals surface area contributed by atoms with Crippen molar-refractivity contribution in [1.29, 1.82) is 0 Å². The van der Waals surface area contributed by atoms with Gasteiger partial charge in [-0.3, -0.25) is 13.9 Å². The summed E-state index contributed by atoms with van der Waals surface area (Å²) in [6.07, 6.45) is 0. The van der Waals surface area contributed by atoms with Crippen molar-refractivity contribution in [2.45, 2.75) is 29.7 Å². The number of aryl methyl sites for hydroxylation is 2. The molecule has 13 nitrogen and oxygen atoms in total. The minimum atomic E-state index is -4.70. The predicted molar refractivity (Wildman–Crippen MR) is 113 cm³/mol. The maximum atomic E-state index is 12.8. The molecule has 2 aromatic rings. The third kappa shape index (κ3) is 5.75. The normalized spacial score (nSPS) is 16.5. The first-order valence-electron chi connectivity index (χ1n) is 8.93. The molecule has 2 aromatic carbocycles. The predicted octanol–water partition coefficient (Wildman–Crippen LogP) is -1.26. The number of nitrogens with zero attached hydrogens (tertiary/aromatic N) is 4. The molecule has 0 fully saturated rings. The van der Waals surface area contributed by atoms with E-state index in [-0.39, 0.29) is 40.9 Å². The number of carboxylic acids is 1. The number of hydrazone groups is 1. The molecule has 0 saturated carbocycles. The zero-order chi connectivity index (χ0) is 24.7. The Labute approximate surface area is 216 Å². The maximum absolute atomic E-state index is 12.8. The molecule has 1 heterocycles. The number of carboxylic acid groups (broad SMARTS) is 1. The van der Waals surface area contributed by atoms with Crippen molar-refractivity contribution in [1.82, 2.24) is 0 Å². The maximum Gasteiger partial charge on any atom is 1.00 e. The van der Waals surface area contributed by atoms with Crippen LogP contribution in [0.1, 0.15) is 11.1 Å². The fourth-order valence-electron chi connectivity index (χ4n) is 3.01.